The first-order valence-electron chi connectivity index (χ1n) is 6.20. The van der Waals surface area contributed by atoms with Crippen molar-refractivity contribution in [2.24, 2.45) is 0 Å². The number of hydrogen-bond donors (Lipinski definition) is 2. The predicted molar refractivity (Wildman–Crippen MR) is 95.6 cm³/mol. The summed E-state index contributed by atoms with van der Waals surface area (Å²) in [5, 5.41) is 2.56. The van der Waals surface area contributed by atoms with Gasteiger partial charge in [-0.15, -0.1) is 11.3 Å². The highest BCUT2D eigenvalue weighted by atomic mass is 79.9. The van der Waals surface area contributed by atoms with Crippen molar-refractivity contribution in [3.05, 3.63) is 58.4 Å². The van der Waals surface area contributed by atoms with Gasteiger partial charge in [-0.25, -0.2) is 4.98 Å². The Morgan fingerprint density at radius 2 is 2.00 bits per heavy atom. The van der Waals surface area contributed by atoms with Gasteiger partial charge in [-0.2, -0.15) is 0 Å². The number of halogens is 1. The third-order valence-electron chi connectivity index (χ3n) is 2.76. The zero-order valence-corrected chi connectivity index (χ0v) is 14.1. The highest BCUT2D eigenvalue weighted by molar-refractivity contribution is 9.10. The normalized spacial score (nSPS) is 10.5. The Labute approximate surface area is 139 Å². The maximum Gasteiger partial charge on any atom is 0.180 e. The van der Waals surface area contributed by atoms with Gasteiger partial charge in [0.1, 0.15) is 0 Å². The largest absolute Gasteiger partial charge is 0.375 e. The molecule has 0 unspecified atom stereocenters. The Kier molecular flexibility index (Phi) is 4.48. The first-order valence-corrected chi connectivity index (χ1v) is 8.69. The summed E-state index contributed by atoms with van der Waals surface area (Å²) >= 11 is 6.50. The molecule has 3 aromatic rings. The minimum absolute atomic E-state index is 0.590. The van der Waals surface area contributed by atoms with Crippen LogP contribution in [0.2, 0.25) is 0 Å². The lowest BCUT2D eigenvalue weighted by atomic mass is 10.1. The Morgan fingerprint density at radius 1 is 1.14 bits per heavy atom. The summed E-state index contributed by atoms with van der Waals surface area (Å²) in [4.78, 5) is 5.45. The lowest BCUT2D eigenvalue weighted by Gasteiger charge is -2.07. The van der Waals surface area contributed by atoms with Gasteiger partial charge in [-0.05, 0) is 42.3 Å². The van der Waals surface area contributed by atoms with E-state index in [9.17, 15) is 0 Å². The van der Waals surface area contributed by atoms with Crippen LogP contribution in [0, 0.1) is 0 Å². The van der Waals surface area contributed by atoms with Crippen molar-refractivity contribution >= 4 is 50.0 Å². The second-order valence-corrected chi connectivity index (χ2v) is 7.00. The summed E-state index contributed by atoms with van der Waals surface area (Å²) in [6.07, 6.45) is 0. The van der Waals surface area contributed by atoms with Crippen molar-refractivity contribution in [1.82, 2.24) is 4.98 Å². The number of anilines is 2. The van der Waals surface area contributed by atoms with E-state index in [4.69, 9.17) is 5.73 Å². The molecule has 106 valence electrons. The molecule has 0 aliphatic heterocycles. The number of thiazole rings is 1. The number of aromatic nitrogens is 1. The van der Waals surface area contributed by atoms with Crippen LogP contribution in [0.15, 0.2) is 63.3 Å². The van der Waals surface area contributed by atoms with Crippen LogP contribution < -0.4 is 10.5 Å². The number of benzene rings is 2. The van der Waals surface area contributed by atoms with Crippen LogP contribution >= 0.6 is 39.2 Å². The Balaban J connectivity index is 1.74. The molecule has 1 heterocycles. The summed E-state index contributed by atoms with van der Waals surface area (Å²) in [5.74, 6) is 0. The van der Waals surface area contributed by atoms with E-state index in [0.717, 1.165) is 26.3 Å². The fraction of sp³-hybridized carbons (Fsp3) is 0. The molecule has 0 fully saturated rings. The third kappa shape index (κ3) is 3.78. The van der Waals surface area contributed by atoms with Crippen LogP contribution in [-0.2, 0) is 0 Å². The summed E-state index contributed by atoms with van der Waals surface area (Å²) in [6.45, 7) is 0. The van der Waals surface area contributed by atoms with Gasteiger partial charge >= 0.3 is 0 Å². The Morgan fingerprint density at radius 3 is 2.76 bits per heavy atom. The summed E-state index contributed by atoms with van der Waals surface area (Å²) < 4.78 is 4.42. The quantitative estimate of drug-likeness (QED) is 0.607. The van der Waals surface area contributed by atoms with Crippen LogP contribution in [0.1, 0.15) is 0 Å². The SMILES string of the molecule is Nc1nc(-c2cccc(NSc3cccc(Br)c3)c2)cs1. The average Bonchev–Trinajstić information content (AvgIpc) is 2.92. The van der Waals surface area contributed by atoms with E-state index < -0.39 is 0 Å². The zero-order valence-electron chi connectivity index (χ0n) is 10.9. The number of hydrogen-bond acceptors (Lipinski definition) is 5. The van der Waals surface area contributed by atoms with E-state index in [2.05, 4.69) is 43.8 Å². The number of nitrogens with two attached hydrogens (primary N) is 1. The number of nitrogens with one attached hydrogen (secondary N) is 1. The molecule has 0 radical (unpaired) electrons. The molecule has 3 rings (SSSR count). The molecule has 6 heteroatoms. The van der Waals surface area contributed by atoms with Gasteiger partial charge in [0.15, 0.2) is 5.13 Å². The maximum absolute atomic E-state index is 5.69. The lowest BCUT2D eigenvalue weighted by molar-refractivity contribution is 1.41. The van der Waals surface area contributed by atoms with Crippen molar-refractivity contribution < 1.29 is 0 Å². The van der Waals surface area contributed by atoms with E-state index >= 15 is 0 Å². The summed E-state index contributed by atoms with van der Waals surface area (Å²) in [7, 11) is 0. The van der Waals surface area contributed by atoms with Crippen LogP contribution in [-0.4, -0.2) is 4.98 Å². The van der Waals surface area contributed by atoms with Crippen molar-refractivity contribution in [3.8, 4) is 11.3 Å². The van der Waals surface area contributed by atoms with Crippen molar-refractivity contribution in [2.75, 3.05) is 10.5 Å². The second kappa shape index (κ2) is 6.51. The Bertz CT molecular complexity index is 758. The van der Waals surface area contributed by atoms with Gasteiger partial charge in [0.2, 0.25) is 0 Å². The molecule has 3 nitrogen and oxygen atoms in total. The van der Waals surface area contributed by atoms with E-state index in [1.165, 1.54) is 11.3 Å². The molecule has 0 saturated heterocycles. The van der Waals surface area contributed by atoms with Gasteiger partial charge in [0.05, 0.1) is 5.69 Å². The Hall–Kier alpha value is -1.50. The minimum Gasteiger partial charge on any atom is -0.375 e. The van der Waals surface area contributed by atoms with Gasteiger partial charge in [-0.3, -0.25) is 0 Å². The minimum atomic E-state index is 0.590. The van der Waals surface area contributed by atoms with Crippen molar-refractivity contribution in [2.45, 2.75) is 4.90 Å². The number of rotatable bonds is 4. The molecule has 0 amide bonds. The standard InChI is InChI=1S/C15H12BrN3S2/c16-11-4-2-6-13(8-11)21-19-12-5-1-3-10(7-12)14-9-20-15(17)18-14/h1-9,19H,(H2,17,18). The molecule has 0 bridgehead atoms. The summed E-state index contributed by atoms with van der Waals surface area (Å²) in [6, 6.07) is 16.3. The van der Waals surface area contributed by atoms with Crippen LogP contribution in [0.4, 0.5) is 10.8 Å². The second-order valence-electron chi connectivity index (χ2n) is 4.31. The van der Waals surface area contributed by atoms with Crippen LogP contribution in [0.5, 0.6) is 0 Å². The first kappa shape index (κ1) is 14.4. The molecule has 3 N–H and O–H groups in total. The van der Waals surface area contributed by atoms with Crippen molar-refractivity contribution in [1.29, 1.82) is 0 Å². The molecular weight excluding hydrogens is 366 g/mol. The van der Waals surface area contributed by atoms with E-state index in [1.54, 1.807) is 11.9 Å². The molecule has 0 aliphatic carbocycles. The molecule has 1 aromatic heterocycles. The lowest BCUT2D eigenvalue weighted by Crippen LogP contribution is -1.88. The van der Waals surface area contributed by atoms with Gasteiger partial charge in [0, 0.05) is 26.0 Å². The smallest absolute Gasteiger partial charge is 0.180 e. The van der Waals surface area contributed by atoms with Gasteiger partial charge in [0.25, 0.3) is 0 Å². The highest BCUT2D eigenvalue weighted by Crippen LogP contribution is 2.28. The van der Waals surface area contributed by atoms with E-state index in [1.807, 2.05) is 35.7 Å². The third-order valence-corrected chi connectivity index (χ3v) is 4.76. The molecule has 0 spiro atoms. The fourth-order valence-electron chi connectivity index (χ4n) is 1.81. The fourth-order valence-corrected chi connectivity index (χ4v) is 3.63. The average molecular weight is 378 g/mol. The topological polar surface area (TPSA) is 50.9 Å². The monoisotopic (exact) mass is 377 g/mol. The molecule has 2 aromatic carbocycles. The van der Waals surface area contributed by atoms with Crippen LogP contribution in [0.3, 0.4) is 0 Å². The summed E-state index contributed by atoms with van der Waals surface area (Å²) in [5.41, 5.74) is 8.69. The van der Waals surface area contributed by atoms with Crippen molar-refractivity contribution in [3.63, 3.8) is 0 Å². The molecular formula is C15H12BrN3S2. The predicted octanol–water partition coefficient (Wildman–Crippen LogP) is 5.27. The molecule has 0 saturated carbocycles. The highest BCUT2D eigenvalue weighted by Gasteiger charge is 2.04. The van der Waals surface area contributed by atoms with Crippen LogP contribution in [0.25, 0.3) is 11.3 Å². The molecule has 21 heavy (non-hydrogen) atoms. The van der Waals surface area contributed by atoms with Gasteiger partial charge < -0.3 is 10.5 Å². The molecule has 0 aliphatic rings. The first-order chi connectivity index (χ1) is 10.2. The van der Waals surface area contributed by atoms with E-state index in [0.29, 0.717) is 5.13 Å². The number of nitrogens with zero attached hydrogens (tertiary/aromatic N) is 1. The zero-order chi connectivity index (χ0) is 14.7. The van der Waals surface area contributed by atoms with Gasteiger partial charge in [-0.1, -0.05) is 34.1 Å². The maximum atomic E-state index is 5.69. The number of nitrogen functional groups attached to an aromatic ring is 1. The molecule has 0 atom stereocenters. The van der Waals surface area contributed by atoms with E-state index in [-0.39, 0.29) is 0 Å².